The lowest BCUT2D eigenvalue weighted by Gasteiger charge is -2.19. The third kappa shape index (κ3) is 6.33. The van der Waals surface area contributed by atoms with E-state index in [-0.39, 0.29) is 24.3 Å². The maximum absolute atomic E-state index is 11.6. The monoisotopic (exact) mass is 308 g/mol. The molecule has 1 aliphatic heterocycles. The molecule has 0 spiro atoms. The van der Waals surface area contributed by atoms with Gasteiger partial charge in [0.05, 0.1) is 12.3 Å². The number of rotatable bonds is 10. The van der Waals surface area contributed by atoms with Crippen molar-refractivity contribution in [3.05, 3.63) is 11.6 Å². The van der Waals surface area contributed by atoms with Crippen molar-refractivity contribution in [2.24, 2.45) is 17.8 Å². The van der Waals surface area contributed by atoms with Gasteiger partial charge in [-0.2, -0.15) is 0 Å². The second-order valence-electron chi connectivity index (χ2n) is 6.84. The zero-order valence-corrected chi connectivity index (χ0v) is 14.7. The normalized spacial score (nSPS) is 21.8. The maximum atomic E-state index is 11.6. The summed E-state index contributed by atoms with van der Waals surface area (Å²) in [5.41, 5.74) is 0.993. The highest BCUT2D eigenvalue weighted by molar-refractivity contribution is 5.96. The van der Waals surface area contributed by atoms with Crippen molar-refractivity contribution in [3.63, 3.8) is 0 Å². The minimum atomic E-state index is -0.390. The summed E-state index contributed by atoms with van der Waals surface area (Å²) in [6.45, 7) is 8.77. The number of esters is 2. The molecule has 1 fully saturated rings. The van der Waals surface area contributed by atoms with Crippen LogP contribution >= 0.6 is 0 Å². The fourth-order valence-corrected chi connectivity index (χ4v) is 3.18. The van der Waals surface area contributed by atoms with Gasteiger partial charge in [0.15, 0.2) is 0 Å². The Morgan fingerprint density at radius 2 is 2.05 bits per heavy atom. The molecule has 0 saturated carbocycles. The van der Waals surface area contributed by atoms with Gasteiger partial charge in [-0.3, -0.25) is 9.59 Å². The smallest absolute Gasteiger partial charge is 0.321 e. The van der Waals surface area contributed by atoms with Crippen molar-refractivity contribution < 1.29 is 14.3 Å². The lowest BCUT2D eigenvalue weighted by Crippen LogP contribution is -2.10. The van der Waals surface area contributed by atoms with Crippen LogP contribution in [0.4, 0.5) is 0 Å². The highest BCUT2D eigenvalue weighted by Crippen LogP contribution is 2.27. The topological polar surface area (TPSA) is 43.4 Å². The molecule has 0 amide bonds. The molecule has 0 radical (unpaired) electrons. The molecular weight excluding hydrogens is 276 g/mol. The molecule has 1 saturated heterocycles. The Hall–Kier alpha value is -1.12. The van der Waals surface area contributed by atoms with Crippen LogP contribution in [0.25, 0.3) is 0 Å². The summed E-state index contributed by atoms with van der Waals surface area (Å²) in [4.78, 5) is 22.7. The Kier molecular flexibility index (Phi) is 8.44. The number of hydrogen-bond acceptors (Lipinski definition) is 3. The van der Waals surface area contributed by atoms with Gasteiger partial charge in [0.1, 0.15) is 0 Å². The summed E-state index contributed by atoms with van der Waals surface area (Å²) < 4.78 is 4.63. The summed E-state index contributed by atoms with van der Waals surface area (Å²) in [7, 11) is 0. The van der Waals surface area contributed by atoms with Gasteiger partial charge in [-0.25, -0.2) is 0 Å². The summed E-state index contributed by atoms with van der Waals surface area (Å²) in [5, 5.41) is 0. The van der Waals surface area contributed by atoms with Crippen LogP contribution in [-0.4, -0.2) is 11.9 Å². The van der Waals surface area contributed by atoms with E-state index in [4.69, 9.17) is 0 Å². The zero-order chi connectivity index (χ0) is 16.5. The van der Waals surface area contributed by atoms with Crippen molar-refractivity contribution in [2.75, 3.05) is 0 Å². The first-order valence-electron chi connectivity index (χ1n) is 8.89. The highest BCUT2D eigenvalue weighted by Gasteiger charge is 2.34. The van der Waals surface area contributed by atoms with Gasteiger partial charge in [-0.05, 0) is 31.6 Å². The van der Waals surface area contributed by atoms with Crippen molar-refractivity contribution in [3.8, 4) is 0 Å². The zero-order valence-electron chi connectivity index (χ0n) is 14.7. The predicted octanol–water partition coefficient (Wildman–Crippen LogP) is 5.05. The largest absolute Gasteiger partial charge is 0.393 e. The second kappa shape index (κ2) is 9.81. The number of allylic oxidation sites excluding steroid dienone is 1. The first kappa shape index (κ1) is 18.9. The van der Waals surface area contributed by atoms with Gasteiger partial charge in [0, 0.05) is 0 Å². The van der Waals surface area contributed by atoms with Gasteiger partial charge in [-0.1, -0.05) is 64.5 Å². The number of unbranched alkanes of at least 4 members (excludes halogenated alkanes) is 2. The van der Waals surface area contributed by atoms with Gasteiger partial charge in [0.2, 0.25) is 0 Å². The Morgan fingerprint density at radius 3 is 2.59 bits per heavy atom. The van der Waals surface area contributed by atoms with E-state index in [1.165, 1.54) is 32.1 Å². The Labute approximate surface area is 135 Å². The van der Waals surface area contributed by atoms with Crippen LogP contribution < -0.4 is 0 Å². The molecule has 1 heterocycles. The van der Waals surface area contributed by atoms with Gasteiger partial charge >= 0.3 is 11.9 Å². The number of carbonyl (C=O) groups excluding carboxylic acids is 2. The maximum Gasteiger partial charge on any atom is 0.321 e. The summed E-state index contributed by atoms with van der Waals surface area (Å²) in [6, 6.07) is 0. The molecule has 0 bridgehead atoms. The summed E-state index contributed by atoms with van der Waals surface area (Å²) in [6.07, 6.45) is 11.0. The van der Waals surface area contributed by atoms with Crippen molar-refractivity contribution >= 4 is 11.9 Å². The minimum absolute atomic E-state index is 0.214. The molecule has 0 aliphatic carbocycles. The molecule has 3 unspecified atom stereocenters. The second-order valence-corrected chi connectivity index (χ2v) is 6.84. The molecule has 0 aromatic carbocycles. The lowest BCUT2D eigenvalue weighted by atomic mass is 9.87. The fourth-order valence-electron chi connectivity index (χ4n) is 3.18. The third-order valence-electron chi connectivity index (χ3n) is 4.81. The molecular formula is C19H32O3. The van der Waals surface area contributed by atoms with Crippen LogP contribution in [0.3, 0.4) is 0 Å². The Bertz CT molecular complexity index is 397. The van der Waals surface area contributed by atoms with Crippen molar-refractivity contribution in [1.29, 1.82) is 0 Å². The first-order valence-corrected chi connectivity index (χ1v) is 8.89. The fraction of sp³-hybridized carbons (Fsp3) is 0.789. The van der Waals surface area contributed by atoms with Gasteiger partial charge in [0.25, 0.3) is 0 Å². The molecule has 0 aromatic rings. The number of cyclic esters (lactones) is 2. The number of ether oxygens (including phenoxy) is 1. The van der Waals surface area contributed by atoms with E-state index in [1.807, 2.05) is 6.92 Å². The van der Waals surface area contributed by atoms with Crippen LogP contribution in [0, 0.1) is 17.8 Å². The Morgan fingerprint density at radius 1 is 1.32 bits per heavy atom. The number of hydrogen-bond donors (Lipinski definition) is 0. The van der Waals surface area contributed by atoms with E-state index >= 15 is 0 Å². The molecule has 22 heavy (non-hydrogen) atoms. The van der Waals surface area contributed by atoms with Gasteiger partial charge in [-0.15, -0.1) is 0 Å². The van der Waals surface area contributed by atoms with Crippen LogP contribution in [0.1, 0.15) is 79.1 Å². The third-order valence-corrected chi connectivity index (χ3v) is 4.81. The summed E-state index contributed by atoms with van der Waals surface area (Å²) in [5.74, 6) is 0.328. The molecule has 0 N–H and O–H groups in total. The van der Waals surface area contributed by atoms with E-state index in [2.05, 4.69) is 31.6 Å². The molecule has 3 nitrogen and oxygen atoms in total. The van der Waals surface area contributed by atoms with Crippen molar-refractivity contribution in [2.45, 2.75) is 79.1 Å². The first-order chi connectivity index (χ1) is 10.5. The Balaban J connectivity index is 2.43. The van der Waals surface area contributed by atoms with E-state index in [0.717, 1.165) is 24.3 Å². The predicted molar refractivity (Wildman–Crippen MR) is 89.3 cm³/mol. The standard InChI is InChI=1S/C19H32O3/c1-5-7-8-9-14(3)12-16(6-2)11-10-15(4)17-13-18(20)22-19(17)21/h10,14,16-17H,5-9,11-13H2,1-4H3/b15-10+. The minimum Gasteiger partial charge on any atom is -0.393 e. The lowest BCUT2D eigenvalue weighted by molar-refractivity contribution is -0.152. The van der Waals surface area contributed by atoms with Crippen LogP contribution in [-0.2, 0) is 14.3 Å². The molecule has 1 aliphatic rings. The van der Waals surface area contributed by atoms with Crippen molar-refractivity contribution in [1.82, 2.24) is 0 Å². The SMILES string of the molecule is CCCCCC(C)CC(CC)C/C=C(\C)C1CC(=O)OC1=O. The van der Waals surface area contributed by atoms with E-state index < -0.39 is 0 Å². The molecule has 3 heteroatoms. The molecule has 126 valence electrons. The quantitative estimate of drug-likeness (QED) is 0.246. The van der Waals surface area contributed by atoms with Crippen LogP contribution in [0.2, 0.25) is 0 Å². The van der Waals surface area contributed by atoms with E-state index in [9.17, 15) is 9.59 Å². The van der Waals surface area contributed by atoms with Gasteiger partial charge < -0.3 is 4.74 Å². The number of carbonyl (C=O) groups is 2. The van der Waals surface area contributed by atoms with E-state index in [0.29, 0.717) is 5.92 Å². The average Bonchev–Trinajstić information content (AvgIpc) is 2.82. The molecule has 3 atom stereocenters. The van der Waals surface area contributed by atoms with E-state index in [1.54, 1.807) is 0 Å². The highest BCUT2D eigenvalue weighted by atomic mass is 16.6. The van der Waals surface area contributed by atoms with Crippen LogP contribution in [0.5, 0.6) is 0 Å². The molecule has 0 aromatic heterocycles. The molecule has 1 rings (SSSR count). The average molecular weight is 308 g/mol. The summed E-state index contributed by atoms with van der Waals surface area (Å²) >= 11 is 0. The van der Waals surface area contributed by atoms with Crippen LogP contribution in [0.15, 0.2) is 11.6 Å².